The lowest BCUT2D eigenvalue weighted by atomic mass is 10.0. The normalized spacial score (nSPS) is 14.9. The second-order valence-corrected chi connectivity index (χ2v) is 2.64. The summed E-state index contributed by atoms with van der Waals surface area (Å²) < 4.78 is 5.20. The Bertz CT molecular complexity index is 155. The van der Waals surface area contributed by atoms with Gasteiger partial charge in [-0.1, -0.05) is 25.2 Å². The van der Waals surface area contributed by atoms with Gasteiger partial charge in [0.1, 0.15) is 12.2 Å². The van der Waals surface area contributed by atoms with Gasteiger partial charge in [0.15, 0.2) is 0 Å². The minimum absolute atomic E-state index is 0.0946. The molecule has 2 nitrogen and oxygen atoms in total. The Hall–Kier alpha value is -0.520. The topological polar surface area (TPSA) is 29.5 Å². The first-order valence-electron chi connectivity index (χ1n) is 3.84. The quantitative estimate of drug-likeness (QED) is 0.622. The molecule has 0 bridgehead atoms. The molecule has 64 valence electrons. The molecule has 0 saturated heterocycles. The van der Waals surface area contributed by atoms with Gasteiger partial charge in [-0.3, -0.25) is 0 Å². The van der Waals surface area contributed by atoms with Gasteiger partial charge in [-0.05, 0) is 13.3 Å². The van der Waals surface area contributed by atoms with E-state index in [-0.39, 0.29) is 12.2 Å². The van der Waals surface area contributed by atoms with E-state index in [0.29, 0.717) is 0 Å². The van der Waals surface area contributed by atoms with E-state index >= 15 is 0 Å². The summed E-state index contributed by atoms with van der Waals surface area (Å²) in [7, 11) is 1.64. The maximum Gasteiger partial charge on any atom is 0.125 e. The summed E-state index contributed by atoms with van der Waals surface area (Å²) in [5.41, 5.74) is -0.377. The molecule has 0 saturated carbocycles. The molecule has 0 spiro atoms. The first kappa shape index (κ1) is 10.5. The van der Waals surface area contributed by atoms with Crippen LogP contribution in [0.1, 0.15) is 26.7 Å². The first-order valence-corrected chi connectivity index (χ1v) is 3.84. The highest BCUT2D eigenvalue weighted by Gasteiger charge is 2.18. The summed E-state index contributed by atoms with van der Waals surface area (Å²) in [6.07, 6.45) is 1.93. The minimum atomic E-state index is -0.377. The van der Waals surface area contributed by atoms with Crippen molar-refractivity contribution in [2.24, 2.45) is 0 Å². The van der Waals surface area contributed by atoms with E-state index in [1.54, 1.807) is 7.11 Å². The lowest BCUT2D eigenvalue weighted by Gasteiger charge is -2.20. The van der Waals surface area contributed by atoms with E-state index in [1.807, 2.05) is 6.92 Å². The molecule has 0 aromatic heterocycles. The van der Waals surface area contributed by atoms with Crippen LogP contribution in [0.25, 0.3) is 0 Å². The molecule has 1 atom stereocenters. The fourth-order valence-corrected chi connectivity index (χ4v) is 0.919. The van der Waals surface area contributed by atoms with Crippen LogP contribution in [0.2, 0.25) is 0 Å². The molecule has 0 fully saturated rings. The minimum Gasteiger partial charge on any atom is -0.384 e. The maximum atomic E-state index is 8.46. The molecule has 0 radical (unpaired) electrons. The van der Waals surface area contributed by atoms with Gasteiger partial charge in [0, 0.05) is 7.11 Å². The van der Waals surface area contributed by atoms with E-state index in [0.717, 1.165) is 12.8 Å². The van der Waals surface area contributed by atoms with Crippen LogP contribution in [0.4, 0.5) is 0 Å². The highest BCUT2D eigenvalue weighted by Crippen LogP contribution is 2.14. The molecule has 0 amide bonds. The number of rotatable bonds is 3. The summed E-state index contributed by atoms with van der Waals surface area (Å²) in [4.78, 5) is 0. The summed E-state index contributed by atoms with van der Waals surface area (Å²) in [6.45, 7) is 3.92. The van der Waals surface area contributed by atoms with Gasteiger partial charge >= 0.3 is 0 Å². The van der Waals surface area contributed by atoms with Crippen molar-refractivity contribution < 1.29 is 9.84 Å². The first-order chi connectivity index (χ1) is 5.18. The zero-order chi connectivity index (χ0) is 8.74. The van der Waals surface area contributed by atoms with Crippen LogP contribution >= 0.6 is 0 Å². The van der Waals surface area contributed by atoms with Gasteiger partial charge in [0.2, 0.25) is 0 Å². The number of methoxy groups -OCH3 is 1. The van der Waals surface area contributed by atoms with Gasteiger partial charge in [0.25, 0.3) is 0 Å². The predicted octanol–water partition coefficient (Wildman–Crippen LogP) is 1.19. The van der Waals surface area contributed by atoms with Crippen LogP contribution in [0.5, 0.6) is 0 Å². The Morgan fingerprint density at radius 2 is 2.18 bits per heavy atom. The average molecular weight is 156 g/mol. The van der Waals surface area contributed by atoms with Crippen molar-refractivity contribution in [2.75, 3.05) is 13.7 Å². The second-order valence-electron chi connectivity index (χ2n) is 2.64. The van der Waals surface area contributed by atoms with Crippen molar-refractivity contribution in [3.63, 3.8) is 0 Å². The monoisotopic (exact) mass is 156 g/mol. The van der Waals surface area contributed by atoms with Crippen LogP contribution < -0.4 is 0 Å². The molecule has 0 aromatic rings. The lowest BCUT2D eigenvalue weighted by molar-refractivity contribution is 0.0492. The van der Waals surface area contributed by atoms with Crippen molar-refractivity contribution >= 4 is 0 Å². The van der Waals surface area contributed by atoms with Crippen LogP contribution in [-0.2, 0) is 4.74 Å². The molecule has 2 heteroatoms. The molecule has 0 aliphatic heterocycles. The van der Waals surface area contributed by atoms with Gasteiger partial charge < -0.3 is 9.84 Å². The van der Waals surface area contributed by atoms with Crippen LogP contribution in [0, 0.1) is 11.8 Å². The molecule has 11 heavy (non-hydrogen) atoms. The van der Waals surface area contributed by atoms with E-state index in [1.165, 1.54) is 0 Å². The third-order valence-corrected chi connectivity index (χ3v) is 1.61. The number of aliphatic hydroxyl groups excluding tert-OH is 1. The third kappa shape index (κ3) is 4.02. The largest absolute Gasteiger partial charge is 0.384 e. The number of hydrogen-bond donors (Lipinski definition) is 1. The fraction of sp³-hybridized carbons (Fsp3) is 0.778. The number of hydrogen-bond acceptors (Lipinski definition) is 2. The van der Waals surface area contributed by atoms with Crippen molar-refractivity contribution in [1.82, 2.24) is 0 Å². The molecule has 1 unspecified atom stereocenters. The van der Waals surface area contributed by atoms with Gasteiger partial charge in [-0.2, -0.15) is 0 Å². The van der Waals surface area contributed by atoms with E-state index in [4.69, 9.17) is 9.84 Å². The smallest absolute Gasteiger partial charge is 0.125 e. The summed E-state index contributed by atoms with van der Waals surface area (Å²) in [5, 5.41) is 8.46. The second kappa shape index (κ2) is 5.17. The molecular formula is C9H16O2. The van der Waals surface area contributed by atoms with Crippen molar-refractivity contribution in [3.8, 4) is 11.8 Å². The summed E-state index contributed by atoms with van der Waals surface area (Å²) >= 11 is 0. The van der Waals surface area contributed by atoms with Crippen molar-refractivity contribution in [1.29, 1.82) is 0 Å². The Kier molecular flexibility index (Phi) is 4.93. The van der Waals surface area contributed by atoms with Crippen LogP contribution in [0.3, 0.4) is 0 Å². The Morgan fingerprint density at radius 3 is 2.55 bits per heavy atom. The molecule has 0 aromatic carbocycles. The zero-order valence-electron chi connectivity index (χ0n) is 7.48. The van der Waals surface area contributed by atoms with Crippen molar-refractivity contribution in [2.45, 2.75) is 32.3 Å². The zero-order valence-corrected chi connectivity index (χ0v) is 7.48. The Morgan fingerprint density at radius 1 is 1.55 bits per heavy atom. The molecular weight excluding hydrogens is 140 g/mol. The van der Waals surface area contributed by atoms with Crippen molar-refractivity contribution in [3.05, 3.63) is 0 Å². The Labute approximate surface area is 68.6 Å². The van der Waals surface area contributed by atoms with Crippen LogP contribution in [-0.4, -0.2) is 24.4 Å². The average Bonchev–Trinajstić information content (AvgIpc) is 2.02. The third-order valence-electron chi connectivity index (χ3n) is 1.61. The molecule has 0 heterocycles. The predicted molar refractivity (Wildman–Crippen MR) is 45.2 cm³/mol. The number of ether oxygens (including phenoxy) is 1. The Balaban J connectivity index is 4.09. The van der Waals surface area contributed by atoms with E-state index in [9.17, 15) is 0 Å². The summed E-state index contributed by atoms with van der Waals surface area (Å²) in [6, 6.07) is 0. The van der Waals surface area contributed by atoms with E-state index in [2.05, 4.69) is 18.8 Å². The molecule has 0 rings (SSSR count). The van der Waals surface area contributed by atoms with Gasteiger partial charge in [0.05, 0.1) is 0 Å². The highest BCUT2D eigenvalue weighted by molar-refractivity contribution is 5.12. The molecule has 0 aliphatic rings. The number of aliphatic hydroxyl groups is 1. The van der Waals surface area contributed by atoms with Gasteiger partial charge in [-0.15, -0.1) is 0 Å². The molecule has 1 N–H and O–H groups in total. The van der Waals surface area contributed by atoms with E-state index < -0.39 is 0 Å². The SMILES string of the molecule is CCCC(C)(C#CCO)OC. The lowest BCUT2D eigenvalue weighted by Crippen LogP contribution is -2.24. The maximum absolute atomic E-state index is 8.46. The highest BCUT2D eigenvalue weighted by atomic mass is 16.5. The molecule has 0 aliphatic carbocycles. The van der Waals surface area contributed by atoms with Gasteiger partial charge in [-0.25, -0.2) is 0 Å². The fourth-order valence-electron chi connectivity index (χ4n) is 0.919. The van der Waals surface area contributed by atoms with Crippen LogP contribution in [0.15, 0.2) is 0 Å². The standard InChI is InChI=1S/C9H16O2/c1-4-6-9(2,11-3)7-5-8-10/h10H,4,6,8H2,1-3H3. The summed E-state index contributed by atoms with van der Waals surface area (Å²) in [5.74, 6) is 5.48.